The lowest BCUT2D eigenvalue weighted by molar-refractivity contribution is 0.0941. The molecular formula is C27H27ClN4O2. The van der Waals surface area contributed by atoms with Gasteiger partial charge < -0.3 is 10.6 Å². The van der Waals surface area contributed by atoms with Crippen molar-refractivity contribution in [3.8, 4) is 11.3 Å². The number of rotatable bonds is 5. The van der Waals surface area contributed by atoms with Crippen molar-refractivity contribution >= 4 is 40.0 Å². The molecule has 6 nitrogen and oxygen atoms in total. The molecule has 0 bridgehead atoms. The Morgan fingerprint density at radius 1 is 0.882 bits per heavy atom. The zero-order chi connectivity index (χ0) is 24.7. The fourth-order valence-electron chi connectivity index (χ4n) is 3.36. The van der Waals surface area contributed by atoms with Gasteiger partial charge in [0.25, 0.3) is 11.8 Å². The summed E-state index contributed by atoms with van der Waals surface area (Å²) in [6.07, 6.45) is 1.53. The first-order valence-electron chi connectivity index (χ1n) is 11.1. The molecule has 0 spiro atoms. The number of halogens is 1. The zero-order valence-corrected chi connectivity index (χ0v) is 20.4. The smallest absolute Gasteiger partial charge is 0.257 e. The van der Waals surface area contributed by atoms with E-state index in [2.05, 4.69) is 20.6 Å². The van der Waals surface area contributed by atoms with E-state index in [9.17, 15) is 9.59 Å². The van der Waals surface area contributed by atoms with Crippen LogP contribution in [0.4, 0.5) is 5.69 Å². The topological polar surface area (TPSA) is 84.0 Å². The molecule has 1 aromatic heterocycles. The third-order valence-corrected chi connectivity index (χ3v) is 5.15. The van der Waals surface area contributed by atoms with Gasteiger partial charge in [-0.3, -0.25) is 9.59 Å². The van der Waals surface area contributed by atoms with Gasteiger partial charge in [0.2, 0.25) is 0 Å². The zero-order valence-electron chi connectivity index (χ0n) is 19.6. The van der Waals surface area contributed by atoms with Gasteiger partial charge in [-0.15, -0.1) is 0 Å². The highest BCUT2D eigenvalue weighted by Crippen LogP contribution is 2.27. The van der Waals surface area contributed by atoms with Crippen LogP contribution < -0.4 is 10.6 Å². The molecule has 0 saturated carbocycles. The van der Waals surface area contributed by atoms with E-state index in [1.165, 1.54) is 12.4 Å². The molecule has 7 heteroatoms. The van der Waals surface area contributed by atoms with E-state index in [4.69, 9.17) is 11.6 Å². The molecule has 2 N–H and O–H groups in total. The van der Waals surface area contributed by atoms with Crippen LogP contribution in [0.15, 0.2) is 73.1 Å². The minimum atomic E-state index is -0.365. The maximum atomic E-state index is 12.8. The Bertz CT molecular complexity index is 1320. The Morgan fingerprint density at radius 3 is 2.38 bits per heavy atom. The fourth-order valence-corrected chi connectivity index (χ4v) is 3.63. The third-order valence-electron chi connectivity index (χ3n) is 4.83. The number of para-hydroxylation sites is 1. The highest BCUT2D eigenvalue weighted by atomic mass is 35.5. The third kappa shape index (κ3) is 5.77. The number of hydrogen-bond donors (Lipinski definition) is 2. The van der Waals surface area contributed by atoms with Crippen LogP contribution in [0.1, 0.15) is 48.4 Å². The molecule has 4 rings (SSSR count). The van der Waals surface area contributed by atoms with Crippen molar-refractivity contribution in [2.24, 2.45) is 0 Å². The van der Waals surface area contributed by atoms with Gasteiger partial charge in [-0.25, -0.2) is 9.97 Å². The van der Waals surface area contributed by atoms with Crippen LogP contribution in [0, 0.1) is 0 Å². The van der Waals surface area contributed by atoms with Crippen molar-refractivity contribution in [2.45, 2.75) is 33.7 Å². The van der Waals surface area contributed by atoms with Crippen LogP contribution in [0.25, 0.3) is 22.2 Å². The number of carbonyl (C=O) groups excluding carboxylic acids is 2. The van der Waals surface area contributed by atoms with Crippen molar-refractivity contribution in [2.75, 3.05) is 5.32 Å². The first-order chi connectivity index (χ1) is 16.4. The van der Waals surface area contributed by atoms with Crippen LogP contribution in [-0.4, -0.2) is 27.8 Å². The normalized spacial score (nSPS) is 10.4. The van der Waals surface area contributed by atoms with Gasteiger partial charge in [-0.2, -0.15) is 0 Å². The van der Waals surface area contributed by atoms with E-state index in [1.807, 2.05) is 70.2 Å². The van der Waals surface area contributed by atoms with E-state index >= 15 is 0 Å². The summed E-state index contributed by atoms with van der Waals surface area (Å²) in [5.41, 5.74) is 3.77. The summed E-state index contributed by atoms with van der Waals surface area (Å²) in [4.78, 5) is 33.7. The van der Waals surface area contributed by atoms with E-state index in [0.717, 1.165) is 22.2 Å². The Hall–Kier alpha value is -3.77. The van der Waals surface area contributed by atoms with Crippen LogP contribution in [0.2, 0.25) is 5.02 Å². The maximum Gasteiger partial charge on any atom is 0.257 e. The quantitative estimate of drug-likeness (QED) is 0.352. The second-order valence-electron chi connectivity index (χ2n) is 7.60. The fraction of sp³-hybridized carbons (Fsp3) is 0.185. The lowest BCUT2D eigenvalue weighted by atomic mass is 10.1. The first-order valence-corrected chi connectivity index (χ1v) is 11.5. The number of fused-ring (bicyclic) bond motifs is 1. The van der Waals surface area contributed by atoms with E-state index in [0.29, 0.717) is 11.3 Å². The number of hydrogen-bond acceptors (Lipinski definition) is 4. The van der Waals surface area contributed by atoms with Crippen LogP contribution in [0.3, 0.4) is 0 Å². The number of nitrogens with zero attached hydrogens (tertiary/aromatic N) is 2. The van der Waals surface area contributed by atoms with Gasteiger partial charge in [0.05, 0.1) is 21.8 Å². The van der Waals surface area contributed by atoms with Crippen molar-refractivity contribution in [3.63, 3.8) is 0 Å². The summed E-state index contributed by atoms with van der Waals surface area (Å²) in [5, 5.41) is 6.80. The summed E-state index contributed by atoms with van der Waals surface area (Å²) in [6.45, 7) is 7.75. The predicted octanol–water partition coefficient (Wildman–Crippen LogP) is 6.37. The average Bonchev–Trinajstić information content (AvgIpc) is 2.84. The molecule has 0 radical (unpaired) electrons. The van der Waals surface area contributed by atoms with E-state index < -0.39 is 0 Å². The van der Waals surface area contributed by atoms with Crippen LogP contribution in [-0.2, 0) is 0 Å². The summed E-state index contributed by atoms with van der Waals surface area (Å²) in [5.74, 6) is -0.603. The number of benzene rings is 3. The van der Waals surface area contributed by atoms with Gasteiger partial charge >= 0.3 is 0 Å². The van der Waals surface area contributed by atoms with Crippen molar-refractivity contribution in [3.05, 3.63) is 89.2 Å². The molecule has 0 aliphatic carbocycles. The highest BCUT2D eigenvalue weighted by molar-refractivity contribution is 6.34. The number of aromatic nitrogens is 2. The van der Waals surface area contributed by atoms with Gasteiger partial charge in [-0.05, 0) is 50.2 Å². The first kappa shape index (κ1) is 24.9. The summed E-state index contributed by atoms with van der Waals surface area (Å²) in [6, 6.07) is 19.8. The molecule has 0 atom stereocenters. The minimum absolute atomic E-state index is 0.00327. The monoisotopic (exact) mass is 474 g/mol. The molecule has 2 amide bonds. The Kier molecular flexibility index (Phi) is 8.33. The number of nitrogens with one attached hydrogen (secondary N) is 2. The SMILES string of the molecule is CC.CC(C)NC(=O)c1ccc(C(=O)Nc2cccc(-c3ncnc4ccccc34)c2)c(Cl)c1. The van der Waals surface area contributed by atoms with Gasteiger partial charge in [0, 0.05) is 28.2 Å². The summed E-state index contributed by atoms with van der Waals surface area (Å²) in [7, 11) is 0. The lowest BCUT2D eigenvalue weighted by Crippen LogP contribution is -2.30. The molecule has 34 heavy (non-hydrogen) atoms. The average molecular weight is 475 g/mol. The molecular weight excluding hydrogens is 448 g/mol. The maximum absolute atomic E-state index is 12.8. The van der Waals surface area contributed by atoms with Gasteiger partial charge in [0.15, 0.2) is 0 Å². The molecule has 174 valence electrons. The van der Waals surface area contributed by atoms with Crippen LogP contribution >= 0.6 is 11.6 Å². The van der Waals surface area contributed by atoms with Crippen molar-refractivity contribution < 1.29 is 9.59 Å². The Balaban J connectivity index is 0.00000158. The number of amides is 2. The van der Waals surface area contributed by atoms with Crippen molar-refractivity contribution in [1.29, 1.82) is 0 Å². The van der Waals surface area contributed by atoms with Crippen molar-refractivity contribution in [1.82, 2.24) is 15.3 Å². The van der Waals surface area contributed by atoms with Crippen LogP contribution in [0.5, 0.6) is 0 Å². The number of carbonyl (C=O) groups is 2. The van der Waals surface area contributed by atoms with Gasteiger partial charge in [0.1, 0.15) is 6.33 Å². The molecule has 3 aromatic carbocycles. The number of anilines is 1. The lowest BCUT2D eigenvalue weighted by Gasteiger charge is -2.11. The minimum Gasteiger partial charge on any atom is -0.350 e. The molecule has 1 heterocycles. The molecule has 0 unspecified atom stereocenters. The molecule has 4 aromatic rings. The molecule has 0 aliphatic rings. The largest absolute Gasteiger partial charge is 0.350 e. The second-order valence-corrected chi connectivity index (χ2v) is 8.00. The predicted molar refractivity (Wildman–Crippen MR) is 138 cm³/mol. The Morgan fingerprint density at radius 2 is 1.65 bits per heavy atom. The van der Waals surface area contributed by atoms with E-state index in [1.54, 1.807) is 18.2 Å². The van der Waals surface area contributed by atoms with E-state index in [-0.39, 0.29) is 28.4 Å². The second kappa shape index (κ2) is 11.4. The standard InChI is InChI=1S/C25H21ClN4O2.C2H6/c1-15(2)29-24(31)17-10-11-19(21(26)13-17)25(32)30-18-7-5-6-16(12-18)23-20-8-3-4-9-22(20)27-14-28-23;1-2/h3-15H,1-2H3,(H,29,31)(H,30,32);1-2H3. The Labute approximate surface area is 204 Å². The molecule has 0 saturated heterocycles. The molecule has 0 fully saturated rings. The molecule has 0 aliphatic heterocycles. The highest BCUT2D eigenvalue weighted by Gasteiger charge is 2.15. The summed E-state index contributed by atoms with van der Waals surface area (Å²) < 4.78 is 0. The summed E-state index contributed by atoms with van der Waals surface area (Å²) >= 11 is 6.31. The van der Waals surface area contributed by atoms with Gasteiger partial charge in [-0.1, -0.05) is 55.8 Å².